The van der Waals surface area contributed by atoms with E-state index in [0.29, 0.717) is 16.1 Å². The normalized spacial score (nSPS) is 10.7. The smallest absolute Gasteiger partial charge is 0.416 e. The van der Waals surface area contributed by atoms with Gasteiger partial charge in [-0.2, -0.15) is 0 Å². The molecule has 1 N–H and O–H groups in total. The third-order valence-electron chi connectivity index (χ3n) is 1.79. The van der Waals surface area contributed by atoms with Crippen molar-refractivity contribution < 1.29 is 9.90 Å². The first-order chi connectivity index (χ1) is 6.61. The Labute approximate surface area is 97.6 Å². The van der Waals surface area contributed by atoms with Crippen LogP contribution in [-0.2, 0) is 0 Å². The quantitative estimate of drug-likeness (QED) is 0.759. The minimum atomic E-state index is -1.06. The fourth-order valence-electron chi connectivity index (χ4n) is 1.22. The molecule has 0 unspecified atom stereocenters. The Morgan fingerprint density at radius 1 is 1.64 bits per heavy atom. The highest BCUT2D eigenvalue weighted by Gasteiger charge is 2.14. The van der Waals surface area contributed by atoms with E-state index in [1.807, 2.05) is 22.6 Å². The van der Waals surface area contributed by atoms with Crippen LogP contribution in [0, 0.1) is 3.57 Å². The van der Waals surface area contributed by atoms with Gasteiger partial charge in [0.2, 0.25) is 0 Å². The van der Waals surface area contributed by atoms with Gasteiger partial charge in [0.25, 0.3) is 0 Å². The molecule has 0 saturated heterocycles. The van der Waals surface area contributed by atoms with E-state index in [4.69, 9.17) is 16.7 Å². The van der Waals surface area contributed by atoms with Gasteiger partial charge in [0.1, 0.15) is 5.52 Å². The molecule has 6 heteroatoms. The second-order valence-corrected chi connectivity index (χ2v) is 4.19. The molecule has 4 nitrogen and oxygen atoms in total. The number of hydrogen-bond donors (Lipinski definition) is 1. The van der Waals surface area contributed by atoms with Crippen LogP contribution in [0.2, 0.25) is 5.02 Å². The van der Waals surface area contributed by atoms with Gasteiger partial charge in [0, 0.05) is 12.4 Å². The number of halogens is 2. The molecule has 2 rings (SSSR count). The van der Waals surface area contributed by atoms with Crippen LogP contribution in [0.15, 0.2) is 18.5 Å². The summed E-state index contributed by atoms with van der Waals surface area (Å²) in [5.41, 5.74) is 1.05. The fourth-order valence-corrected chi connectivity index (χ4v) is 2.13. The topological polar surface area (TPSA) is 55.1 Å². The molecule has 0 fully saturated rings. The van der Waals surface area contributed by atoms with Gasteiger partial charge in [-0.25, -0.2) is 9.36 Å². The molecule has 0 aliphatic rings. The predicted octanol–water partition coefficient (Wildman–Crippen LogP) is 2.82. The molecular formula is C8H4ClIN2O2. The van der Waals surface area contributed by atoms with Crippen molar-refractivity contribution in [3.8, 4) is 0 Å². The average molecular weight is 322 g/mol. The zero-order valence-corrected chi connectivity index (χ0v) is 9.65. The second kappa shape index (κ2) is 3.39. The number of aromatic nitrogens is 2. The van der Waals surface area contributed by atoms with Crippen molar-refractivity contribution in [3.63, 3.8) is 0 Å². The first kappa shape index (κ1) is 9.72. The maximum absolute atomic E-state index is 10.9. The Morgan fingerprint density at radius 2 is 2.36 bits per heavy atom. The molecule has 72 valence electrons. The van der Waals surface area contributed by atoms with Gasteiger partial charge in [0.05, 0.1) is 14.1 Å². The number of nitrogens with zero attached hydrogens (tertiary/aromatic N) is 2. The molecule has 0 bridgehead atoms. The van der Waals surface area contributed by atoms with Gasteiger partial charge in [0.15, 0.2) is 0 Å². The van der Waals surface area contributed by atoms with Gasteiger partial charge in [-0.3, -0.25) is 4.98 Å². The Balaban J connectivity index is 2.93. The third-order valence-corrected chi connectivity index (χ3v) is 2.89. The average Bonchev–Trinajstić information content (AvgIpc) is 2.46. The van der Waals surface area contributed by atoms with Crippen LogP contribution in [0.3, 0.4) is 0 Å². The van der Waals surface area contributed by atoms with E-state index in [-0.39, 0.29) is 0 Å². The van der Waals surface area contributed by atoms with Crippen molar-refractivity contribution in [2.45, 2.75) is 0 Å². The first-order valence-corrected chi connectivity index (χ1v) is 5.11. The number of rotatable bonds is 0. The van der Waals surface area contributed by atoms with Gasteiger partial charge in [-0.05, 0) is 28.7 Å². The highest BCUT2D eigenvalue weighted by atomic mass is 127. The molecule has 2 aromatic heterocycles. The van der Waals surface area contributed by atoms with Crippen LogP contribution < -0.4 is 0 Å². The molecule has 0 aliphatic heterocycles. The Morgan fingerprint density at radius 3 is 3.00 bits per heavy atom. The molecule has 0 atom stereocenters. The van der Waals surface area contributed by atoms with Gasteiger partial charge >= 0.3 is 6.09 Å². The summed E-state index contributed by atoms with van der Waals surface area (Å²) in [7, 11) is 0. The maximum atomic E-state index is 10.9. The number of pyridine rings is 1. The lowest BCUT2D eigenvalue weighted by molar-refractivity contribution is 0.197. The van der Waals surface area contributed by atoms with E-state index in [9.17, 15) is 4.79 Å². The summed E-state index contributed by atoms with van der Waals surface area (Å²) >= 11 is 7.92. The molecule has 2 heterocycles. The van der Waals surface area contributed by atoms with E-state index in [0.717, 1.165) is 8.14 Å². The summed E-state index contributed by atoms with van der Waals surface area (Å²) in [6, 6.07) is 1.57. The van der Waals surface area contributed by atoms with E-state index in [2.05, 4.69) is 4.98 Å². The van der Waals surface area contributed by atoms with Gasteiger partial charge in [-0.15, -0.1) is 0 Å². The zero-order valence-electron chi connectivity index (χ0n) is 6.74. The summed E-state index contributed by atoms with van der Waals surface area (Å²) in [4.78, 5) is 14.9. The lowest BCUT2D eigenvalue weighted by Crippen LogP contribution is -2.05. The fraction of sp³-hybridized carbons (Fsp3) is 0. The summed E-state index contributed by atoms with van der Waals surface area (Å²) in [6.45, 7) is 0. The highest BCUT2D eigenvalue weighted by Crippen LogP contribution is 2.26. The summed E-state index contributed by atoms with van der Waals surface area (Å²) in [5, 5.41) is 9.28. The maximum Gasteiger partial charge on any atom is 0.416 e. The second-order valence-electron chi connectivity index (χ2n) is 2.62. The lowest BCUT2D eigenvalue weighted by atomic mass is 10.4. The lowest BCUT2D eigenvalue weighted by Gasteiger charge is -1.98. The van der Waals surface area contributed by atoms with Crippen molar-refractivity contribution in [1.82, 2.24) is 9.55 Å². The summed E-state index contributed by atoms with van der Waals surface area (Å²) in [6.07, 6.45) is 1.98. The Hall–Kier alpha value is -0.820. The van der Waals surface area contributed by atoms with Crippen LogP contribution >= 0.6 is 34.2 Å². The molecule has 0 spiro atoms. The van der Waals surface area contributed by atoms with Crippen LogP contribution in [0.1, 0.15) is 0 Å². The molecule has 0 aromatic carbocycles. The molecule has 2 aromatic rings. The van der Waals surface area contributed by atoms with Crippen molar-refractivity contribution >= 4 is 51.3 Å². The standard InChI is InChI=1S/C8H4ClIN2O2/c9-4-1-2-11-6-5(10)3-12(7(4)6)8(13)14/h1-3H,(H,13,14). The van der Waals surface area contributed by atoms with Gasteiger partial charge < -0.3 is 5.11 Å². The van der Waals surface area contributed by atoms with Crippen molar-refractivity contribution in [2.75, 3.05) is 0 Å². The monoisotopic (exact) mass is 322 g/mol. The Bertz CT molecular complexity index is 523. The molecule has 0 saturated carbocycles. The molecular weight excluding hydrogens is 318 g/mol. The number of carbonyl (C=O) groups is 1. The number of hydrogen-bond acceptors (Lipinski definition) is 2. The predicted molar refractivity (Wildman–Crippen MR) is 60.9 cm³/mol. The molecule has 0 aliphatic carbocycles. The van der Waals surface area contributed by atoms with E-state index in [1.54, 1.807) is 12.3 Å². The summed E-state index contributed by atoms with van der Waals surface area (Å²) < 4.78 is 1.84. The SMILES string of the molecule is O=C(O)n1cc(I)c2nccc(Cl)c21. The van der Waals surface area contributed by atoms with Gasteiger partial charge in [-0.1, -0.05) is 11.6 Å². The zero-order chi connectivity index (χ0) is 10.3. The van der Waals surface area contributed by atoms with Crippen LogP contribution in [0.25, 0.3) is 11.0 Å². The highest BCUT2D eigenvalue weighted by molar-refractivity contribution is 14.1. The van der Waals surface area contributed by atoms with Crippen molar-refractivity contribution in [1.29, 1.82) is 0 Å². The van der Waals surface area contributed by atoms with E-state index >= 15 is 0 Å². The minimum Gasteiger partial charge on any atom is -0.464 e. The molecule has 14 heavy (non-hydrogen) atoms. The summed E-state index contributed by atoms with van der Waals surface area (Å²) in [5.74, 6) is 0. The van der Waals surface area contributed by atoms with Crippen LogP contribution in [0.5, 0.6) is 0 Å². The van der Waals surface area contributed by atoms with Crippen LogP contribution in [-0.4, -0.2) is 20.8 Å². The van der Waals surface area contributed by atoms with Crippen molar-refractivity contribution in [3.05, 3.63) is 27.1 Å². The third kappa shape index (κ3) is 1.36. The van der Waals surface area contributed by atoms with Crippen LogP contribution in [0.4, 0.5) is 4.79 Å². The molecule has 0 amide bonds. The Kier molecular flexibility index (Phi) is 2.36. The van der Waals surface area contributed by atoms with E-state index in [1.165, 1.54) is 6.20 Å². The first-order valence-electron chi connectivity index (χ1n) is 3.65. The molecule has 0 radical (unpaired) electrons. The van der Waals surface area contributed by atoms with E-state index < -0.39 is 6.09 Å². The minimum absolute atomic E-state index is 0.389. The number of fused-ring (bicyclic) bond motifs is 1. The largest absolute Gasteiger partial charge is 0.464 e. The van der Waals surface area contributed by atoms with Crippen molar-refractivity contribution in [2.24, 2.45) is 0 Å². The number of carboxylic acid groups (broad SMARTS) is 1.